The first-order valence-electron chi connectivity index (χ1n) is 6.87. The molecule has 0 aliphatic carbocycles. The van der Waals surface area contributed by atoms with Gasteiger partial charge < -0.3 is 15.4 Å². The zero-order chi connectivity index (χ0) is 14.5. The lowest BCUT2D eigenvalue weighted by Gasteiger charge is -2.22. The number of morpholine rings is 1. The molecule has 126 valence electrons. The van der Waals surface area contributed by atoms with Gasteiger partial charge >= 0.3 is 0 Å². The van der Waals surface area contributed by atoms with E-state index >= 15 is 0 Å². The fourth-order valence-corrected chi connectivity index (χ4v) is 2.13. The van der Waals surface area contributed by atoms with Crippen molar-refractivity contribution in [2.75, 3.05) is 25.0 Å². The van der Waals surface area contributed by atoms with Crippen LogP contribution < -0.4 is 10.6 Å². The van der Waals surface area contributed by atoms with Crippen LogP contribution in [0.2, 0.25) is 0 Å². The van der Waals surface area contributed by atoms with Gasteiger partial charge in [0.1, 0.15) is 6.10 Å². The van der Waals surface area contributed by atoms with Crippen LogP contribution in [0.25, 0.3) is 0 Å². The Morgan fingerprint density at radius 2 is 2.13 bits per heavy atom. The summed E-state index contributed by atoms with van der Waals surface area (Å²) in [6.45, 7) is 2.50. The molecule has 23 heavy (non-hydrogen) atoms. The van der Waals surface area contributed by atoms with Crippen LogP contribution in [0, 0.1) is 0 Å². The molecule has 0 saturated carbocycles. The van der Waals surface area contributed by atoms with Crippen molar-refractivity contribution in [1.82, 2.24) is 20.1 Å². The largest absolute Gasteiger partial charge is 0.366 e. The number of carbonyl (C=O) groups excluding carboxylic acids is 1. The Kier molecular flexibility index (Phi) is 7.97. The van der Waals surface area contributed by atoms with Crippen LogP contribution in [0.4, 0.5) is 5.82 Å². The first kappa shape index (κ1) is 19.4. The molecule has 1 aliphatic rings. The van der Waals surface area contributed by atoms with Crippen molar-refractivity contribution in [2.45, 2.75) is 12.6 Å². The molecule has 3 heterocycles. The predicted molar refractivity (Wildman–Crippen MR) is 91.3 cm³/mol. The number of halogens is 2. The number of carbonyl (C=O) groups is 1. The molecule has 1 unspecified atom stereocenters. The van der Waals surface area contributed by atoms with E-state index < -0.39 is 6.10 Å². The van der Waals surface area contributed by atoms with E-state index in [9.17, 15) is 4.79 Å². The van der Waals surface area contributed by atoms with E-state index in [0.29, 0.717) is 25.5 Å². The van der Waals surface area contributed by atoms with Crippen LogP contribution >= 0.6 is 24.8 Å². The molecule has 3 rings (SSSR count). The van der Waals surface area contributed by atoms with Crippen molar-refractivity contribution < 1.29 is 9.53 Å². The van der Waals surface area contributed by atoms with Crippen LogP contribution in [0.1, 0.15) is 5.56 Å². The monoisotopic (exact) mass is 359 g/mol. The van der Waals surface area contributed by atoms with Gasteiger partial charge in [0.25, 0.3) is 5.91 Å². The standard InChI is InChI=1S/C14H17N5O2.2ClH/c20-14(12-9-16-6-8-21-12)17-13-3-7-19(18-13)10-11-1-4-15-5-2-11;;/h1-5,7,12,16H,6,8-10H2,(H,17,18,20);2*1H. The van der Waals surface area contributed by atoms with Gasteiger partial charge in [-0.3, -0.25) is 14.5 Å². The normalized spacial score (nSPS) is 16.8. The smallest absolute Gasteiger partial charge is 0.256 e. The average molecular weight is 360 g/mol. The lowest BCUT2D eigenvalue weighted by molar-refractivity contribution is -0.128. The topological polar surface area (TPSA) is 81.1 Å². The van der Waals surface area contributed by atoms with Gasteiger partial charge in [-0.05, 0) is 17.7 Å². The second-order valence-corrected chi connectivity index (χ2v) is 4.81. The molecule has 0 bridgehead atoms. The maximum atomic E-state index is 12.0. The number of nitrogens with one attached hydrogen (secondary N) is 2. The molecule has 9 heteroatoms. The SMILES string of the molecule is Cl.Cl.O=C(Nc1ccn(Cc2ccncc2)n1)C1CNCCO1. The van der Waals surface area contributed by atoms with E-state index in [1.54, 1.807) is 23.1 Å². The molecule has 0 spiro atoms. The number of amides is 1. The van der Waals surface area contributed by atoms with Crippen molar-refractivity contribution in [3.8, 4) is 0 Å². The molecule has 7 nitrogen and oxygen atoms in total. The third-order valence-electron chi connectivity index (χ3n) is 3.21. The zero-order valence-electron chi connectivity index (χ0n) is 12.3. The third-order valence-corrected chi connectivity index (χ3v) is 3.21. The Bertz CT molecular complexity index is 602. The maximum absolute atomic E-state index is 12.0. The van der Waals surface area contributed by atoms with E-state index in [4.69, 9.17) is 4.74 Å². The van der Waals surface area contributed by atoms with E-state index in [0.717, 1.165) is 12.1 Å². The van der Waals surface area contributed by atoms with Crippen molar-refractivity contribution in [3.63, 3.8) is 0 Å². The highest BCUT2D eigenvalue weighted by molar-refractivity contribution is 5.93. The van der Waals surface area contributed by atoms with Crippen molar-refractivity contribution in [2.24, 2.45) is 0 Å². The van der Waals surface area contributed by atoms with Crippen LogP contribution in [-0.4, -0.2) is 46.5 Å². The van der Waals surface area contributed by atoms with E-state index in [-0.39, 0.29) is 30.7 Å². The number of aromatic nitrogens is 3. The molecule has 1 saturated heterocycles. The van der Waals surface area contributed by atoms with Gasteiger partial charge in [-0.1, -0.05) is 0 Å². The fourth-order valence-electron chi connectivity index (χ4n) is 2.13. The second-order valence-electron chi connectivity index (χ2n) is 4.81. The van der Waals surface area contributed by atoms with Crippen LogP contribution in [0.5, 0.6) is 0 Å². The molecule has 1 atom stereocenters. The highest BCUT2D eigenvalue weighted by atomic mass is 35.5. The molecule has 2 aromatic heterocycles. The van der Waals surface area contributed by atoms with Crippen LogP contribution in [0.3, 0.4) is 0 Å². The second kappa shape index (κ2) is 9.46. The number of hydrogen-bond donors (Lipinski definition) is 2. The Hall–Kier alpha value is -1.67. The molecular weight excluding hydrogens is 341 g/mol. The molecule has 1 fully saturated rings. The molecule has 0 aromatic carbocycles. The van der Waals surface area contributed by atoms with Gasteiger partial charge in [0.05, 0.1) is 13.2 Å². The van der Waals surface area contributed by atoms with Crippen molar-refractivity contribution >= 4 is 36.5 Å². The minimum atomic E-state index is -0.455. The van der Waals surface area contributed by atoms with Gasteiger partial charge in [0.2, 0.25) is 0 Å². The molecule has 2 N–H and O–H groups in total. The lowest BCUT2D eigenvalue weighted by Crippen LogP contribution is -2.45. The molecule has 0 radical (unpaired) electrons. The number of anilines is 1. The molecular formula is C14H19Cl2N5O2. The minimum absolute atomic E-state index is 0. The van der Waals surface area contributed by atoms with Gasteiger partial charge in [-0.25, -0.2) is 0 Å². The number of rotatable bonds is 4. The quantitative estimate of drug-likeness (QED) is 0.854. The highest BCUT2D eigenvalue weighted by Crippen LogP contribution is 2.07. The minimum Gasteiger partial charge on any atom is -0.366 e. The number of pyridine rings is 1. The first-order chi connectivity index (χ1) is 10.3. The summed E-state index contributed by atoms with van der Waals surface area (Å²) in [4.78, 5) is 16.0. The fraction of sp³-hybridized carbons (Fsp3) is 0.357. The van der Waals surface area contributed by atoms with E-state index in [1.165, 1.54) is 0 Å². The summed E-state index contributed by atoms with van der Waals surface area (Å²) in [5.74, 6) is 0.361. The Morgan fingerprint density at radius 3 is 2.83 bits per heavy atom. The summed E-state index contributed by atoms with van der Waals surface area (Å²) in [5, 5.41) is 10.2. The Balaban J connectivity index is 0.00000132. The Morgan fingerprint density at radius 1 is 1.35 bits per heavy atom. The maximum Gasteiger partial charge on any atom is 0.256 e. The zero-order valence-corrected chi connectivity index (χ0v) is 14.0. The summed E-state index contributed by atoms with van der Waals surface area (Å²) in [6, 6.07) is 5.64. The highest BCUT2D eigenvalue weighted by Gasteiger charge is 2.22. The van der Waals surface area contributed by atoms with Crippen molar-refractivity contribution in [3.05, 3.63) is 42.4 Å². The van der Waals surface area contributed by atoms with Crippen molar-refractivity contribution in [1.29, 1.82) is 0 Å². The summed E-state index contributed by atoms with van der Waals surface area (Å²) in [6.07, 6.45) is 4.86. The summed E-state index contributed by atoms with van der Waals surface area (Å²) >= 11 is 0. The predicted octanol–water partition coefficient (Wildman–Crippen LogP) is 1.10. The molecule has 2 aromatic rings. The van der Waals surface area contributed by atoms with Gasteiger partial charge in [-0.2, -0.15) is 5.10 Å². The lowest BCUT2D eigenvalue weighted by atomic mass is 10.3. The Labute approximate surface area is 146 Å². The average Bonchev–Trinajstić information content (AvgIpc) is 2.96. The van der Waals surface area contributed by atoms with E-state index in [2.05, 4.69) is 20.7 Å². The van der Waals surface area contributed by atoms with Gasteiger partial charge in [-0.15, -0.1) is 24.8 Å². The third kappa shape index (κ3) is 5.47. The van der Waals surface area contributed by atoms with Gasteiger partial charge in [0.15, 0.2) is 5.82 Å². The summed E-state index contributed by atoms with van der Waals surface area (Å²) < 4.78 is 7.17. The van der Waals surface area contributed by atoms with Gasteiger partial charge in [0, 0.05) is 37.7 Å². The van der Waals surface area contributed by atoms with Crippen LogP contribution in [0.15, 0.2) is 36.8 Å². The summed E-state index contributed by atoms with van der Waals surface area (Å²) in [5.41, 5.74) is 1.10. The van der Waals surface area contributed by atoms with Crippen LogP contribution in [-0.2, 0) is 16.1 Å². The van der Waals surface area contributed by atoms with E-state index in [1.807, 2.05) is 18.3 Å². The number of nitrogens with zero attached hydrogens (tertiary/aromatic N) is 3. The number of ether oxygens (including phenoxy) is 1. The molecule has 1 aliphatic heterocycles. The first-order valence-corrected chi connectivity index (χ1v) is 6.87. The number of hydrogen-bond acceptors (Lipinski definition) is 5. The molecule has 1 amide bonds. The summed E-state index contributed by atoms with van der Waals surface area (Å²) in [7, 11) is 0.